The molecule has 2 N–H and O–H groups in total. The van der Waals surface area contributed by atoms with E-state index in [9.17, 15) is 19.2 Å². The summed E-state index contributed by atoms with van der Waals surface area (Å²) < 4.78 is 8.72. The molecule has 2 aromatic carbocycles. The number of hydrazine groups is 1. The van der Waals surface area contributed by atoms with Crippen LogP contribution in [0.3, 0.4) is 0 Å². The van der Waals surface area contributed by atoms with Crippen LogP contribution in [0.1, 0.15) is 30.7 Å². The van der Waals surface area contributed by atoms with E-state index >= 15 is 0 Å². The predicted octanol–water partition coefficient (Wildman–Crippen LogP) is 5.91. The van der Waals surface area contributed by atoms with Gasteiger partial charge in [0.15, 0.2) is 11.4 Å². The highest BCUT2D eigenvalue weighted by molar-refractivity contribution is 9.10. The fourth-order valence-corrected chi connectivity index (χ4v) is 5.21. The van der Waals surface area contributed by atoms with Crippen molar-refractivity contribution in [2.24, 2.45) is 0 Å². The number of imidazole rings is 1. The number of nitrogens with one attached hydrogen (secondary N) is 2. The first-order valence-electron chi connectivity index (χ1n) is 13.5. The van der Waals surface area contributed by atoms with E-state index in [-0.39, 0.29) is 42.4 Å². The number of pyridine rings is 1. The first-order valence-corrected chi connectivity index (χ1v) is 15.1. The summed E-state index contributed by atoms with van der Waals surface area (Å²) in [6.07, 6.45) is 4.70. The monoisotopic (exact) mass is 750 g/mol. The third-order valence-electron chi connectivity index (χ3n) is 6.56. The second kappa shape index (κ2) is 15.9. The standard InChI is InChI=1S/C31H29BrCl2N6O5.ClH/c1-18-30(32)39-15-5-6-26(31(39)36-18)45-17-23-24(33)12-13-25(29(23)34)38(4)28(44)16-35-27(43)14-9-21-7-10-22(11-8-21)40(20(3)42)37-19(2)41;/h5-15H,16-17H2,1-4H3,(H,35,43)(H,37,41);1H. The number of anilines is 2. The topological polar surface area (TPSA) is 125 Å². The Morgan fingerprint density at radius 1 is 1.07 bits per heavy atom. The van der Waals surface area contributed by atoms with E-state index < -0.39 is 11.8 Å². The number of benzene rings is 2. The van der Waals surface area contributed by atoms with Gasteiger partial charge in [-0.2, -0.15) is 0 Å². The zero-order chi connectivity index (χ0) is 32.8. The van der Waals surface area contributed by atoms with Gasteiger partial charge in [-0.05, 0) is 70.9 Å². The molecular formula is C31H30BrCl3N6O5. The van der Waals surface area contributed by atoms with Gasteiger partial charge in [0.1, 0.15) is 11.2 Å². The minimum Gasteiger partial charge on any atom is -0.485 e. The van der Waals surface area contributed by atoms with E-state index in [0.29, 0.717) is 38.9 Å². The maximum Gasteiger partial charge on any atom is 0.246 e. The van der Waals surface area contributed by atoms with Gasteiger partial charge in [0, 0.05) is 43.8 Å². The van der Waals surface area contributed by atoms with Crippen molar-refractivity contribution in [3.63, 3.8) is 0 Å². The molecule has 0 spiro atoms. The number of rotatable bonds is 9. The van der Waals surface area contributed by atoms with Gasteiger partial charge in [-0.25, -0.2) is 9.99 Å². The van der Waals surface area contributed by atoms with Gasteiger partial charge >= 0.3 is 0 Å². The van der Waals surface area contributed by atoms with Crippen molar-refractivity contribution < 1.29 is 23.9 Å². The molecule has 2 heterocycles. The first-order chi connectivity index (χ1) is 21.4. The maximum atomic E-state index is 13.0. The molecule has 0 fully saturated rings. The highest BCUT2D eigenvalue weighted by atomic mass is 79.9. The van der Waals surface area contributed by atoms with Gasteiger partial charge < -0.3 is 15.0 Å². The van der Waals surface area contributed by atoms with Crippen LogP contribution in [-0.4, -0.2) is 46.6 Å². The number of aromatic nitrogens is 2. The molecule has 0 radical (unpaired) electrons. The second-order valence-corrected chi connectivity index (χ2v) is 11.4. The number of hydrogen-bond acceptors (Lipinski definition) is 6. The number of carbonyl (C=O) groups excluding carboxylic acids is 4. The number of hydrogen-bond donors (Lipinski definition) is 2. The van der Waals surface area contributed by atoms with Gasteiger partial charge in [0.2, 0.25) is 23.6 Å². The van der Waals surface area contributed by atoms with Crippen LogP contribution in [0.2, 0.25) is 10.0 Å². The predicted molar refractivity (Wildman–Crippen MR) is 185 cm³/mol. The van der Waals surface area contributed by atoms with Crippen LogP contribution >= 0.6 is 51.5 Å². The van der Waals surface area contributed by atoms with Crippen LogP contribution in [0, 0.1) is 6.92 Å². The fourth-order valence-electron chi connectivity index (χ4n) is 4.23. The summed E-state index contributed by atoms with van der Waals surface area (Å²) in [6.45, 7) is 4.25. The van der Waals surface area contributed by atoms with E-state index in [2.05, 4.69) is 31.7 Å². The van der Waals surface area contributed by atoms with Crippen LogP contribution in [-0.2, 0) is 25.8 Å². The Hall–Kier alpha value is -4.10. The van der Waals surface area contributed by atoms with Crippen LogP contribution in [0.15, 0.2) is 65.4 Å². The molecule has 46 heavy (non-hydrogen) atoms. The SMILES string of the molecule is CC(=O)NN(C(C)=O)c1ccc(C=CC(=O)NCC(=O)N(C)c2ccc(Cl)c(COc3cccn4c(Br)c(C)nc34)c2Cl)cc1.Cl. The van der Waals surface area contributed by atoms with Crippen LogP contribution < -0.4 is 25.4 Å². The normalized spacial score (nSPS) is 10.8. The van der Waals surface area contributed by atoms with Gasteiger partial charge in [0.05, 0.1) is 28.6 Å². The molecule has 2 aromatic heterocycles. The Balaban J connectivity index is 0.00000576. The number of fused-ring (bicyclic) bond motifs is 1. The van der Waals surface area contributed by atoms with Crippen molar-refractivity contribution in [2.45, 2.75) is 27.4 Å². The Labute approximate surface area is 290 Å². The van der Waals surface area contributed by atoms with E-state index in [4.69, 9.17) is 27.9 Å². The number of amides is 4. The fraction of sp³-hybridized carbons (Fsp3) is 0.194. The van der Waals surface area contributed by atoms with Gasteiger partial charge in [-0.3, -0.25) is 29.0 Å². The lowest BCUT2D eigenvalue weighted by Gasteiger charge is -2.21. The molecule has 15 heteroatoms. The summed E-state index contributed by atoms with van der Waals surface area (Å²) in [4.78, 5) is 54.4. The molecule has 0 aliphatic carbocycles. The summed E-state index contributed by atoms with van der Waals surface area (Å²) in [7, 11) is 1.54. The maximum absolute atomic E-state index is 13.0. The van der Waals surface area contributed by atoms with Crippen molar-refractivity contribution in [3.05, 3.63) is 92.3 Å². The molecule has 4 amide bonds. The van der Waals surface area contributed by atoms with E-state index in [0.717, 1.165) is 15.3 Å². The zero-order valence-electron chi connectivity index (χ0n) is 25.1. The average Bonchev–Trinajstić information content (AvgIpc) is 3.30. The molecule has 242 valence electrons. The molecule has 0 aliphatic heterocycles. The number of likely N-dealkylation sites (N-methyl/N-ethyl adjacent to an activating group) is 1. The second-order valence-electron chi connectivity index (χ2n) is 9.82. The van der Waals surface area contributed by atoms with Crippen molar-refractivity contribution in [1.82, 2.24) is 20.1 Å². The number of nitrogens with zero attached hydrogens (tertiary/aromatic N) is 4. The van der Waals surface area contributed by atoms with Crippen molar-refractivity contribution in [3.8, 4) is 5.75 Å². The van der Waals surface area contributed by atoms with Gasteiger partial charge in [-0.15, -0.1) is 12.4 Å². The number of aryl methyl sites for hydroxylation is 1. The minimum atomic E-state index is -0.490. The van der Waals surface area contributed by atoms with Crippen molar-refractivity contribution >= 4 is 98.3 Å². The van der Waals surface area contributed by atoms with Crippen molar-refractivity contribution in [2.75, 3.05) is 23.5 Å². The Kier molecular flexibility index (Phi) is 12.6. The lowest BCUT2D eigenvalue weighted by atomic mass is 10.2. The third-order valence-corrected chi connectivity index (χ3v) is 8.30. The highest BCUT2D eigenvalue weighted by Crippen LogP contribution is 2.35. The Morgan fingerprint density at radius 3 is 2.41 bits per heavy atom. The third kappa shape index (κ3) is 8.58. The van der Waals surface area contributed by atoms with E-state index in [1.807, 2.05) is 23.6 Å². The Bertz CT molecular complexity index is 1810. The molecule has 0 bridgehead atoms. The molecule has 0 saturated heterocycles. The number of halogens is 4. The van der Waals surface area contributed by atoms with E-state index in [1.54, 1.807) is 55.6 Å². The van der Waals surface area contributed by atoms with Gasteiger partial charge in [-0.1, -0.05) is 35.3 Å². The molecule has 4 rings (SSSR count). The lowest BCUT2D eigenvalue weighted by molar-refractivity contribution is -0.123. The summed E-state index contributed by atoms with van der Waals surface area (Å²) in [5.74, 6) is -1.12. The minimum absolute atomic E-state index is 0. The zero-order valence-corrected chi connectivity index (χ0v) is 29.1. The smallest absolute Gasteiger partial charge is 0.246 e. The van der Waals surface area contributed by atoms with E-state index in [1.165, 1.54) is 24.8 Å². The summed E-state index contributed by atoms with van der Waals surface area (Å²) in [5.41, 5.74) is 5.89. The summed E-state index contributed by atoms with van der Waals surface area (Å²) in [5, 5.41) is 4.29. The van der Waals surface area contributed by atoms with Crippen LogP contribution in [0.25, 0.3) is 11.7 Å². The lowest BCUT2D eigenvalue weighted by Crippen LogP contribution is -2.44. The largest absolute Gasteiger partial charge is 0.485 e. The van der Waals surface area contributed by atoms with Crippen molar-refractivity contribution in [1.29, 1.82) is 0 Å². The molecule has 0 saturated carbocycles. The van der Waals surface area contributed by atoms with Crippen LogP contribution in [0.4, 0.5) is 11.4 Å². The molecule has 0 atom stereocenters. The first kappa shape index (κ1) is 36.4. The van der Waals surface area contributed by atoms with Gasteiger partial charge in [0.25, 0.3) is 0 Å². The number of carbonyl (C=O) groups is 4. The summed E-state index contributed by atoms with van der Waals surface area (Å²) in [6, 6.07) is 13.5. The highest BCUT2D eigenvalue weighted by Gasteiger charge is 2.20. The quantitative estimate of drug-likeness (QED) is 0.162. The Morgan fingerprint density at radius 2 is 1.76 bits per heavy atom. The molecule has 0 aliphatic rings. The average molecular weight is 753 g/mol. The summed E-state index contributed by atoms with van der Waals surface area (Å²) >= 11 is 16.7. The molecule has 0 unspecified atom stereocenters. The van der Waals surface area contributed by atoms with Crippen LogP contribution in [0.5, 0.6) is 5.75 Å². The number of ether oxygens (including phenoxy) is 1. The molecule has 11 nitrogen and oxygen atoms in total. The molecular weight excluding hydrogens is 723 g/mol. The molecule has 4 aromatic rings.